The van der Waals surface area contributed by atoms with E-state index in [2.05, 4.69) is 5.32 Å². The molecule has 0 heterocycles. The maximum absolute atomic E-state index is 11.3. The molecule has 0 aliphatic rings. The van der Waals surface area contributed by atoms with Crippen LogP contribution in [0.4, 0.5) is 5.69 Å². The second-order valence-electron chi connectivity index (χ2n) is 3.45. The molecule has 15 heavy (non-hydrogen) atoms. The van der Waals surface area contributed by atoms with E-state index in [1.165, 1.54) is 0 Å². The lowest BCUT2D eigenvalue weighted by molar-refractivity contribution is -0.118. The van der Waals surface area contributed by atoms with Gasteiger partial charge in [-0.1, -0.05) is 17.7 Å². The quantitative estimate of drug-likeness (QED) is 0.683. The molecule has 82 valence electrons. The molecule has 1 aromatic carbocycles. The molecule has 0 spiro atoms. The summed E-state index contributed by atoms with van der Waals surface area (Å²) >= 11 is 0. The monoisotopic (exact) mass is 209 g/mol. The number of anilines is 1. The molecular formula is C11H15NO3. The van der Waals surface area contributed by atoms with Gasteiger partial charge in [0.2, 0.25) is 5.91 Å². The standard InChI is InChI=1S/C11H15NO3/c1-8-2-4-9(5-3-8)12-11(15)6-10(14)7-13/h2-5,10,13-14H,6-7H2,1H3,(H,12,15). The summed E-state index contributed by atoms with van der Waals surface area (Å²) < 4.78 is 0. The smallest absolute Gasteiger partial charge is 0.227 e. The fourth-order valence-corrected chi connectivity index (χ4v) is 1.13. The molecule has 1 rings (SSSR count). The molecule has 0 aliphatic carbocycles. The summed E-state index contributed by atoms with van der Waals surface area (Å²) in [6, 6.07) is 7.35. The van der Waals surface area contributed by atoms with Gasteiger partial charge in [0, 0.05) is 5.69 Å². The lowest BCUT2D eigenvalue weighted by Crippen LogP contribution is -2.22. The molecule has 0 aromatic heterocycles. The third-order valence-corrected chi connectivity index (χ3v) is 1.97. The third-order valence-electron chi connectivity index (χ3n) is 1.97. The van der Waals surface area contributed by atoms with Gasteiger partial charge in [-0.2, -0.15) is 0 Å². The van der Waals surface area contributed by atoms with Crippen LogP contribution in [0.5, 0.6) is 0 Å². The molecule has 1 unspecified atom stereocenters. The van der Waals surface area contributed by atoms with Crippen LogP contribution in [-0.2, 0) is 4.79 Å². The van der Waals surface area contributed by atoms with Crippen LogP contribution in [0.15, 0.2) is 24.3 Å². The number of nitrogens with one attached hydrogen (secondary N) is 1. The first-order valence-corrected chi connectivity index (χ1v) is 4.77. The molecule has 4 nitrogen and oxygen atoms in total. The Kier molecular flexibility index (Phi) is 4.27. The zero-order valence-corrected chi connectivity index (χ0v) is 8.60. The minimum Gasteiger partial charge on any atom is -0.394 e. The summed E-state index contributed by atoms with van der Waals surface area (Å²) in [4.78, 5) is 11.3. The highest BCUT2D eigenvalue weighted by molar-refractivity contribution is 5.90. The first kappa shape index (κ1) is 11.7. The van der Waals surface area contributed by atoms with Crippen LogP contribution in [0.3, 0.4) is 0 Å². The van der Waals surface area contributed by atoms with Crippen molar-refractivity contribution < 1.29 is 15.0 Å². The van der Waals surface area contributed by atoms with Gasteiger partial charge in [0.05, 0.1) is 19.1 Å². The maximum atomic E-state index is 11.3. The Morgan fingerprint density at radius 2 is 2.00 bits per heavy atom. The molecule has 0 bridgehead atoms. The number of amides is 1. The van der Waals surface area contributed by atoms with Crippen molar-refractivity contribution in [2.24, 2.45) is 0 Å². The molecule has 0 aliphatic heterocycles. The van der Waals surface area contributed by atoms with Crippen LogP contribution in [0.1, 0.15) is 12.0 Å². The topological polar surface area (TPSA) is 69.6 Å². The van der Waals surface area contributed by atoms with Gasteiger partial charge < -0.3 is 15.5 Å². The Balaban J connectivity index is 2.48. The second-order valence-corrected chi connectivity index (χ2v) is 3.45. The maximum Gasteiger partial charge on any atom is 0.227 e. The fraction of sp³-hybridized carbons (Fsp3) is 0.364. The zero-order valence-electron chi connectivity index (χ0n) is 8.60. The van der Waals surface area contributed by atoms with E-state index in [1.807, 2.05) is 19.1 Å². The average molecular weight is 209 g/mol. The Morgan fingerprint density at radius 1 is 1.40 bits per heavy atom. The van der Waals surface area contributed by atoms with Crippen molar-refractivity contribution in [1.29, 1.82) is 0 Å². The summed E-state index contributed by atoms with van der Waals surface area (Å²) in [5.41, 5.74) is 1.80. The van der Waals surface area contributed by atoms with Crippen molar-refractivity contribution in [3.63, 3.8) is 0 Å². The van der Waals surface area contributed by atoms with Crippen molar-refractivity contribution in [3.05, 3.63) is 29.8 Å². The first-order valence-electron chi connectivity index (χ1n) is 4.77. The van der Waals surface area contributed by atoms with Crippen molar-refractivity contribution in [2.75, 3.05) is 11.9 Å². The predicted molar refractivity (Wildman–Crippen MR) is 57.5 cm³/mol. The molecule has 0 saturated carbocycles. The van der Waals surface area contributed by atoms with Crippen molar-refractivity contribution >= 4 is 11.6 Å². The van der Waals surface area contributed by atoms with Crippen molar-refractivity contribution in [1.82, 2.24) is 0 Å². The highest BCUT2D eigenvalue weighted by atomic mass is 16.3. The molecule has 0 fully saturated rings. The van der Waals surface area contributed by atoms with E-state index in [1.54, 1.807) is 12.1 Å². The predicted octanol–water partition coefficient (Wildman–Crippen LogP) is 0.677. The van der Waals surface area contributed by atoms with Crippen LogP contribution in [-0.4, -0.2) is 28.8 Å². The van der Waals surface area contributed by atoms with Gasteiger partial charge in [-0.3, -0.25) is 4.79 Å². The summed E-state index contributed by atoms with van der Waals surface area (Å²) in [6.07, 6.45) is -1.08. The van der Waals surface area contributed by atoms with Gasteiger partial charge in [-0.15, -0.1) is 0 Å². The number of aryl methyl sites for hydroxylation is 1. The Morgan fingerprint density at radius 3 is 2.53 bits per heavy atom. The summed E-state index contributed by atoms with van der Waals surface area (Å²) in [6.45, 7) is 1.56. The van der Waals surface area contributed by atoms with E-state index in [4.69, 9.17) is 10.2 Å². The van der Waals surface area contributed by atoms with Crippen LogP contribution >= 0.6 is 0 Å². The van der Waals surface area contributed by atoms with E-state index in [9.17, 15) is 4.79 Å². The van der Waals surface area contributed by atoms with E-state index in [0.29, 0.717) is 5.69 Å². The second kappa shape index (κ2) is 5.48. The van der Waals surface area contributed by atoms with Gasteiger partial charge in [-0.05, 0) is 19.1 Å². The van der Waals surface area contributed by atoms with Crippen LogP contribution < -0.4 is 5.32 Å². The van der Waals surface area contributed by atoms with Gasteiger partial charge in [0.15, 0.2) is 0 Å². The normalized spacial score (nSPS) is 12.2. The Bertz CT molecular complexity index is 321. The number of carbonyl (C=O) groups is 1. The van der Waals surface area contributed by atoms with Gasteiger partial charge >= 0.3 is 0 Å². The molecule has 0 radical (unpaired) electrons. The molecule has 1 aromatic rings. The largest absolute Gasteiger partial charge is 0.394 e. The summed E-state index contributed by atoms with van der Waals surface area (Å²) in [5.74, 6) is -0.305. The van der Waals surface area contributed by atoms with Crippen LogP contribution in [0.25, 0.3) is 0 Å². The number of carbonyl (C=O) groups excluding carboxylic acids is 1. The van der Waals surface area contributed by atoms with Gasteiger partial charge in [-0.25, -0.2) is 0 Å². The van der Waals surface area contributed by atoms with Crippen molar-refractivity contribution in [3.8, 4) is 0 Å². The minimum atomic E-state index is -0.990. The molecule has 1 amide bonds. The van der Waals surface area contributed by atoms with Gasteiger partial charge in [0.25, 0.3) is 0 Å². The van der Waals surface area contributed by atoms with E-state index < -0.39 is 12.7 Å². The Hall–Kier alpha value is -1.39. The highest BCUT2D eigenvalue weighted by Crippen LogP contribution is 2.09. The molecule has 3 N–H and O–H groups in total. The minimum absolute atomic E-state index is 0.0929. The van der Waals surface area contributed by atoms with Crippen molar-refractivity contribution in [2.45, 2.75) is 19.4 Å². The molecular weight excluding hydrogens is 194 g/mol. The van der Waals surface area contributed by atoms with E-state index in [-0.39, 0.29) is 12.3 Å². The summed E-state index contributed by atoms with van der Waals surface area (Å²) in [7, 11) is 0. The number of aliphatic hydroxyl groups is 2. The lowest BCUT2D eigenvalue weighted by Gasteiger charge is -2.08. The lowest BCUT2D eigenvalue weighted by atomic mass is 10.2. The number of hydrogen-bond donors (Lipinski definition) is 3. The number of aliphatic hydroxyl groups excluding tert-OH is 2. The van der Waals surface area contributed by atoms with E-state index in [0.717, 1.165) is 5.56 Å². The zero-order chi connectivity index (χ0) is 11.3. The van der Waals surface area contributed by atoms with Crippen LogP contribution in [0, 0.1) is 6.92 Å². The highest BCUT2D eigenvalue weighted by Gasteiger charge is 2.09. The molecule has 1 atom stereocenters. The molecule has 4 heteroatoms. The van der Waals surface area contributed by atoms with Crippen LogP contribution in [0.2, 0.25) is 0 Å². The SMILES string of the molecule is Cc1ccc(NC(=O)CC(O)CO)cc1. The van der Waals surface area contributed by atoms with Gasteiger partial charge in [0.1, 0.15) is 0 Å². The summed E-state index contributed by atoms with van der Waals surface area (Å²) in [5, 5.41) is 20.2. The Labute approximate surface area is 88.6 Å². The number of hydrogen-bond acceptors (Lipinski definition) is 3. The number of benzene rings is 1. The third kappa shape index (κ3) is 4.10. The average Bonchev–Trinajstić information content (AvgIpc) is 2.21. The van der Waals surface area contributed by atoms with E-state index >= 15 is 0 Å². The fourth-order valence-electron chi connectivity index (χ4n) is 1.13. The number of rotatable bonds is 4. The first-order chi connectivity index (χ1) is 7.11. The molecule has 0 saturated heterocycles.